The van der Waals surface area contributed by atoms with Gasteiger partial charge >= 0.3 is 0 Å². The van der Waals surface area contributed by atoms with E-state index in [0.717, 1.165) is 0 Å². The van der Waals surface area contributed by atoms with Crippen molar-refractivity contribution >= 4 is 11.9 Å². The highest BCUT2D eigenvalue weighted by Crippen LogP contribution is 2.00. The SMILES string of the molecule is CCC(=O)/C=C/C=C/C=C/c1ccccc1. The largest absolute Gasteiger partial charge is 0.295 e. The first-order chi connectivity index (χ1) is 7.83. The summed E-state index contributed by atoms with van der Waals surface area (Å²) in [6, 6.07) is 10.1. The van der Waals surface area contributed by atoms with Gasteiger partial charge in [-0.15, -0.1) is 0 Å². The summed E-state index contributed by atoms with van der Waals surface area (Å²) in [7, 11) is 0. The maximum Gasteiger partial charge on any atom is 0.155 e. The standard InChI is InChI=1S/C15H16O/c1-2-15(16)13-9-4-3-6-10-14-11-7-5-8-12-14/h3-13H,2H2,1H3/b4-3+,10-6+,13-9+. The van der Waals surface area contributed by atoms with E-state index in [1.165, 1.54) is 5.56 Å². The molecule has 1 nitrogen and oxygen atoms in total. The van der Waals surface area contributed by atoms with E-state index in [1.807, 2.05) is 61.6 Å². The van der Waals surface area contributed by atoms with Gasteiger partial charge in [0.2, 0.25) is 0 Å². The summed E-state index contributed by atoms with van der Waals surface area (Å²) in [5.41, 5.74) is 1.17. The van der Waals surface area contributed by atoms with Crippen LogP contribution >= 0.6 is 0 Å². The lowest BCUT2D eigenvalue weighted by atomic mass is 10.2. The molecule has 0 atom stereocenters. The van der Waals surface area contributed by atoms with Crippen LogP contribution in [0, 0.1) is 0 Å². The van der Waals surface area contributed by atoms with Gasteiger partial charge in [0.25, 0.3) is 0 Å². The Morgan fingerprint density at radius 2 is 1.75 bits per heavy atom. The van der Waals surface area contributed by atoms with Gasteiger partial charge < -0.3 is 0 Å². The summed E-state index contributed by atoms with van der Waals surface area (Å²) < 4.78 is 0. The van der Waals surface area contributed by atoms with Crippen molar-refractivity contribution in [1.29, 1.82) is 0 Å². The second-order valence-corrected chi connectivity index (χ2v) is 3.33. The maximum atomic E-state index is 10.9. The normalized spacial score (nSPS) is 11.8. The zero-order chi connectivity index (χ0) is 11.6. The van der Waals surface area contributed by atoms with E-state index in [-0.39, 0.29) is 5.78 Å². The fraction of sp³-hybridized carbons (Fsp3) is 0.133. The van der Waals surface area contributed by atoms with Gasteiger partial charge in [-0.2, -0.15) is 0 Å². The third-order valence-corrected chi connectivity index (χ3v) is 2.05. The zero-order valence-electron chi connectivity index (χ0n) is 9.47. The Hall–Kier alpha value is -1.89. The molecule has 0 aliphatic heterocycles. The van der Waals surface area contributed by atoms with Crippen LogP contribution in [0.5, 0.6) is 0 Å². The van der Waals surface area contributed by atoms with E-state index < -0.39 is 0 Å². The van der Waals surface area contributed by atoms with E-state index >= 15 is 0 Å². The molecule has 82 valence electrons. The topological polar surface area (TPSA) is 17.1 Å². The van der Waals surface area contributed by atoms with Crippen LogP contribution in [0.2, 0.25) is 0 Å². The highest BCUT2D eigenvalue weighted by atomic mass is 16.1. The van der Waals surface area contributed by atoms with Crippen LogP contribution in [-0.2, 0) is 4.79 Å². The summed E-state index contributed by atoms with van der Waals surface area (Å²) in [6.07, 6.45) is 11.7. The molecule has 0 N–H and O–H groups in total. The molecular formula is C15H16O. The summed E-state index contributed by atoms with van der Waals surface area (Å²) in [5, 5.41) is 0. The van der Waals surface area contributed by atoms with E-state index in [9.17, 15) is 4.79 Å². The third kappa shape index (κ3) is 5.11. The van der Waals surface area contributed by atoms with Crippen LogP contribution in [0.1, 0.15) is 18.9 Å². The van der Waals surface area contributed by atoms with Crippen LogP contribution in [0.15, 0.2) is 60.7 Å². The Labute approximate surface area is 96.8 Å². The molecule has 0 spiro atoms. The molecule has 0 fully saturated rings. The smallest absolute Gasteiger partial charge is 0.155 e. The monoisotopic (exact) mass is 212 g/mol. The Bertz CT molecular complexity index is 397. The molecule has 1 rings (SSSR count). The number of hydrogen-bond acceptors (Lipinski definition) is 1. The minimum atomic E-state index is 0.150. The van der Waals surface area contributed by atoms with Crippen LogP contribution in [0.4, 0.5) is 0 Å². The first-order valence-electron chi connectivity index (χ1n) is 5.42. The summed E-state index contributed by atoms with van der Waals surface area (Å²) >= 11 is 0. The number of carbonyl (C=O) groups excluding carboxylic acids is 1. The Balaban J connectivity index is 2.40. The van der Waals surface area contributed by atoms with E-state index in [0.29, 0.717) is 6.42 Å². The Morgan fingerprint density at radius 3 is 2.44 bits per heavy atom. The first kappa shape index (κ1) is 12.2. The van der Waals surface area contributed by atoms with Crippen molar-refractivity contribution in [3.05, 3.63) is 66.3 Å². The van der Waals surface area contributed by atoms with Gasteiger partial charge in [0.1, 0.15) is 0 Å². The summed E-state index contributed by atoms with van der Waals surface area (Å²) in [6.45, 7) is 1.85. The number of allylic oxidation sites excluding steroid dienone is 5. The summed E-state index contributed by atoms with van der Waals surface area (Å²) in [5.74, 6) is 0.150. The zero-order valence-corrected chi connectivity index (χ0v) is 9.47. The van der Waals surface area contributed by atoms with Gasteiger partial charge in [0, 0.05) is 6.42 Å². The molecule has 0 saturated heterocycles. The first-order valence-corrected chi connectivity index (χ1v) is 5.42. The summed E-state index contributed by atoms with van der Waals surface area (Å²) in [4.78, 5) is 10.9. The van der Waals surface area contributed by atoms with Crippen molar-refractivity contribution in [2.45, 2.75) is 13.3 Å². The molecule has 0 amide bonds. The molecule has 1 aromatic rings. The molecule has 0 radical (unpaired) electrons. The van der Waals surface area contributed by atoms with Gasteiger partial charge in [0.15, 0.2) is 5.78 Å². The number of carbonyl (C=O) groups is 1. The fourth-order valence-corrected chi connectivity index (χ4v) is 1.14. The van der Waals surface area contributed by atoms with Crippen molar-refractivity contribution in [3.8, 4) is 0 Å². The van der Waals surface area contributed by atoms with Gasteiger partial charge in [0.05, 0.1) is 0 Å². The molecule has 0 saturated carbocycles. The number of ketones is 1. The molecule has 0 heterocycles. The van der Waals surface area contributed by atoms with Crippen molar-refractivity contribution in [1.82, 2.24) is 0 Å². The molecule has 0 aliphatic rings. The molecule has 1 heteroatoms. The highest BCUT2D eigenvalue weighted by Gasteiger charge is 1.85. The molecule has 0 bridgehead atoms. The number of rotatable bonds is 5. The molecule has 0 aromatic heterocycles. The van der Waals surface area contributed by atoms with Gasteiger partial charge in [-0.3, -0.25) is 4.79 Å². The average molecular weight is 212 g/mol. The lowest BCUT2D eigenvalue weighted by molar-refractivity contribution is -0.114. The number of benzene rings is 1. The van der Waals surface area contributed by atoms with Crippen molar-refractivity contribution in [3.63, 3.8) is 0 Å². The molecular weight excluding hydrogens is 196 g/mol. The molecule has 0 aliphatic carbocycles. The number of hydrogen-bond donors (Lipinski definition) is 0. The fourth-order valence-electron chi connectivity index (χ4n) is 1.14. The maximum absolute atomic E-state index is 10.9. The van der Waals surface area contributed by atoms with Crippen LogP contribution < -0.4 is 0 Å². The van der Waals surface area contributed by atoms with Crippen molar-refractivity contribution in [2.24, 2.45) is 0 Å². The lowest BCUT2D eigenvalue weighted by Crippen LogP contribution is -1.85. The van der Waals surface area contributed by atoms with E-state index in [2.05, 4.69) is 0 Å². The van der Waals surface area contributed by atoms with Crippen molar-refractivity contribution in [2.75, 3.05) is 0 Å². The second kappa shape index (κ2) is 7.41. The Morgan fingerprint density at radius 1 is 1.06 bits per heavy atom. The minimum absolute atomic E-state index is 0.150. The van der Waals surface area contributed by atoms with Gasteiger partial charge in [-0.05, 0) is 11.6 Å². The second-order valence-electron chi connectivity index (χ2n) is 3.33. The van der Waals surface area contributed by atoms with Crippen LogP contribution in [0.25, 0.3) is 6.08 Å². The molecule has 0 unspecified atom stereocenters. The third-order valence-electron chi connectivity index (χ3n) is 2.05. The molecule has 1 aromatic carbocycles. The van der Waals surface area contributed by atoms with E-state index in [4.69, 9.17) is 0 Å². The van der Waals surface area contributed by atoms with Gasteiger partial charge in [-0.25, -0.2) is 0 Å². The van der Waals surface area contributed by atoms with Crippen LogP contribution in [0.3, 0.4) is 0 Å². The van der Waals surface area contributed by atoms with Crippen LogP contribution in [-0.4, -0.2) is 5.78 Å². The Kier molecular flexibility index (Phi) is 5.64. The van der Waals surface area contributed by atoms with Crippen molar-refractivity contribution < 1.29 is 4.79 Å². The lowest BCUT2D eigenvalue weighted by Gasteiger charge is -1.88. The average Bonchev–Trinajstić information content (AvgIpc) is 2.34. The van der Waals surface area contributed by atoms with Gasteiger partial charge in [-0.1, -0.05) is 67.6 Å². The highest BCUT2D eigenvalue weighted by molar-refractivity contribution is 5.89. The predicted octanol–water partition coefficient (Wildman–Crippen LogP) is 3.79. The molecule has 16 heavy (non-hydrogen) atoms. The minimum Gasteiger partial charge on any atom is -0.295 e. The predicted molar refractivity (Wildman–Crippen MR) is 69.1 cm³/mol. The quantitative estimate of drug-likeness (QED) is 0.536. The van der Waals surface area contributed by atoms with E-state index in [1.54, 1.807) is 12.2 Å².